The van der Waals surface area contributed by atoms with E-state index in [4.69, 9.17) is 26.7 Å². The van der Waals surface area contributed by atoms with E-state index in [1.54, 1.807) is 0 Å². The minimum absolute atomic E-state index is 0.160. The Morgan fingerprint density at radius 3 is 2.88 bits per heavy atom. The zero-order valence-corrected chi connectivity index (χ0v) is 15.5. The minimum atomic E-state index is -2.49. The van der Waals surface area contributed by atoms with Gasteiger partial charge in [-0.1, -0.05) is 0 Å². The SMILES string of the molecule is CCOC(=S)Nc1cc(NCCCO[P+](=O)OO)cc(-c2nn[nH]n2)c1. The van der Waals surface area contributed by atoms with Gasteiger partial charge in [-0.05, 0) is 49.0 Å². The second-order valence-corrected chi connectivity index (χ2v) is 6.04. The molecule has 1 heterocycles. The molecule has 0 saturated carbocycles. The normalized spacial score (nSPS) is 11.1. The van der Waals surface area contributed by atoms with E-state index >= 15 is 0 Å². The van der Waals surface area contributed by atoms with Gasteiger partial charge in [-0.15, -0.1) is 14.7 Å². The molecule has 1 atom stereocenters. The molecule has 11 nitrogen and oxygen atoms in total. The highest BCUT2D eigenvalue weighted by molar-refractivity contribution is 7.80. The summed E-state index contributed by atoms with van der Waals surface area (Å²) in [6.07, 6.45) is 0.539. The van der Waals surface area contributed by atoms with Gasteiger partial charge in [0.2, 0.25) is 5.82 Å². The number of hydrogen-bond donors (Lipinski definition) is 4. The average molecular weight is 401 g/mol. The molecule has 0 saturated heterocycles. The van der Waals surface area contributed by atoms with Crippen molar-refractivity contribution in [1.82, 2.24) is 20.6 Å². The number of nitrogens with zero attached hydrogens (tertiary/aromatic N) is 3. The number of hydrogen-bond acceptors (Lipinski definition) is 10. The van der Waals surface area contributed by atoms with E-state index in [1.807, 2.05) is 25.1 Å². The Bertz CT molecular complexity index is 732. The number of anilines is 2. The van der Waals surface area contributed by atoms with E-state index in [0.29, 0.717) is 31.1 Å². The van der Waals surface area contributed by atoms with Gasteiger partial charge in [-0.2, -0.15) is 5.21 Å². The molecule has 13 heteroatoms. The Balaban J connectivity index is 2.03. The van der Waals surface area contributed by atoms with Crippen molar-refractivity contribution in [2.45, 2.75) is 13.3 Å². The number of nitrogens with one attached hydrogen (secondary N) is 3. The molecule has 1 unspecified atom stereocenters. The van der Waals surface area contributed by atoms with E-state index in [9.17, 15) is 4.57 Å². The minimum Gasteiger partial charge on any atom is -0.471 e. The maximum atomic E-state index is 10.8. The summed E-state index contributed by atoms with van der Waals surface area (Å²) in [6.45, 7) is 2.99. The molecule has 0 radical (unpaired) electrons. The molecule has 2 rings (SSSR count). The third-order valence-corrected chi connectivity index (χ3v) is 3.72. The van der Waals surface area contributed by atoms with Crippen LogP contribution in [-0.2, 0) is 18.5 Å². The largest absolute Gasteiger partial charge is 0.728 e. The van der Waals surface area contributed by atoms with Gasteiger partial charge >= 0.3 is 8.25 Å². The van der Waals surface area contributed by atoms with Crippen molar-refractivity contribution in [3.8, 4) is 11.4 Å². The fourth-order valence-corrected chi connectivity index (χ4v) is 2.53. The maximum Gasteiger partial charge on any atom is 0.728 e. The van der Waals surface area contributed by atoms with E-state index < -0.39 is 8.25 Å². The van der Waals surface area contributed by atoms with Gasteiger partial charge in [0.15, 0.2) is 0 Å². The van der Waals surface area contributed by atoms with Crippen LogP contribution in [0.25, 0.3) is 11.4 Å². The van der Waals surface area contributed by atoms with Crippen LogP contribution >= 0.6 is 20.5 Å². The Kier molecular flexibility index (Phi) is 8.25. The number of aromatic nitrogens is 4. The van der Waals surface area contributed by atoms with Crippen LogP contribution in [0.3, 0.4) is 0 Å². The molecule has 1 aromatic heterocycles. The molecule has 0 amide bonds. The van der Waals surface area contributed by atoms with Crippen molar-refractivity contribution in [1.29, 1.82) is 0 Å². The Morgan fingerprint density at radius 2 is 2.19 bits per heavy atom. The van der Waals surface area contributed by atoms with Crippen LogP contribution in [0, 0.1) is 0 Å². The first-order valence-corrected chi connectivity index (χ1v) is 9.11. The van der Waals surface area contributed by atoms with E-state index in [0.717, 1.165) is 11.3 Å². The predicted octanol–water partition coefficient (Wildman–Crippen LogP) is 2.57. The van der Waals surface area contributed by atoms with Crippen LogP contribution in [0.15, 0.2) is 18.2 Å². The number of H-pyrrole nitrogens is 1. The molecule has 0 fully saturated rings. The lowest BCUT2D eigenvalue weighted by Crippen LogP contribution is -2.13. The molecule has 26 heavy (non-hydrogen) atoms. The van der Waals surface area contributed by atoms with Gasteiger partial charge in [0, 0.05) is 28.0 Å². The predicted molar refractivity (Wildman–Crippen MR) is 97.8 cm³/mol. The number of thiocarbonyl (C=S) groups is 1. The van der Waals surface area contributed by atoms with Crippen molar-refractivity contribution in [3.63, 3.8) is 0 Å². The van der Waals surface area contributed by atoms with Crippen molar-refractivity contribution in [2.24, 2.45) is 0 Å². The Morgan fingerprint density at radius 1 is 1.38 bits per heavy atom. The molecular formula is C13H18N6O5PS+. The van der Waals surface area contributed by atoms with Gasteiger partial charge < -0.3 is 15.4 Å². The smallest absolute Gasteiger partial charge is 0.471 e. The third kappa shape index (κ3) is 6.58. The van der Waals surface area contributed by atoms with Crippen LogP contribution in [0.4, 0.5) is 11.4 Å². The first-order valence-electron chi connectivity index (χ1n) is 7.60. The summed E-state index contributed by atoms with van der Waals surface area (Å²) in [5.41, 5.74) is 2.19. The average Bonchev–Trinajstić information content (AvgIpc) is 3.16. The third-order valence-electron chi connectivity index (χ3n) is 2.97. The molecular weight excluding hydrogens is 383 g/mol. The summed E-state index contributed by atoms with van der Waals surface area (Å²) in [6, 6.07) is 5.50. The first kappa shape index (κ1) is 20.1. The van der Waals surface area contributed by atoms with Crippen LogP contribution < -0.4 is 10.6 Å². The zero-order valence-electron chi connectivity index (χ0n) is 13.8. The molecule has 0 aliphatic heterocycles. The van der Waals surface area contributed by atoms with Crippen molar-refractivity contribution < 1.29 is 23.8 Å². The van der Waals surface area contributed by atoms with Crippen LogP contribution in [0.2, 0.25) is 0 Å². The van der Waals surface area contributed by atoms with Crippen molar-refractivity contribution in [3.05, 3.63) is 18.2 Å². The lowest BCUT2D eigenvalue weighted by atomic mass is 10.1. The summed E-state index contributed by atoms with van der Waals surface area (Å²) >= 11 is 5.10. The first-order chi connectivity index (χ1) is 12.6. The van der Waals surface area contributed by atoms with Gasteiger partial charge in [0.25, 0.3) is 5.17 Å². The molecule has 0 bridgehead atoms. The summed E-state index contributed by atoms with van der Waals surface area (Å²) in [4.78, 5) is 0. The number of ether oxygens (including phenoxy) is 1. The summed E-state index contributed by atoms with van der Waals surface area (Å²) < 4.78 is 24.3. The van der Waals surface area contributed by atoms with Gasteiger partial charge in [0.1, 0.15) is 6.61 Å². The maximum absolute atomic E-state index is 10.8. The molecule has 2 aromatic rings. The van der Waals surface area contributed by atoms with Gasteiger partial charge in [-0.25, -0.2) is 5.26 Å². The summed E-state index contributed by atoms with van der Waals surface area (Å²) in [5, 5.41) is 28.5. The summed E-state index contributed by atoms with van der Waals surface area (Å²) in [5.74, 6) is 0.430. The fraction of sp³-hybridized carbons (Fsp3) is 0.385. The van der Waals surface area contributed by atoms with E-state index in [2.05, 4.69) is 35.9 Å². The van der Waals surface area contributed by atoms with Crippen LogP contribution in [0.1, 0.15) is 13.3 Å². The molecule has 0 aliphatic carbocycles. The standard InChI is InChI=1S/C13H17N6O5PS/c1-2-22-13(26)15-11-7-9(12-16-18-19-17-12)6-10(8-11)14-4-3-5-23-25(21)24-20/h6-8,14H,2-5H2,1H3,(H2-,15,16,17,18,19,20,26)/p+1. The van der Waals surface area contributed by atoms with Crippen molar-refractivity contribution >= 4 is 37.0 Å². The Hall–Kier alpha value is -2.24. The van der Waals surface area contributed by atoms with Gasteiger partial charge in [-0.3, -0.25) is 0 Å². The van der Waals surface area contributed by atoms with Crippen molar-refractivity contribution in [2.75, 3.05) is 30.4 Å². The highest BCUT2D eigenvalue weighted by Crippen LogP contribution is 2.25. The summed E-state index contributed by atoms with van der Waals surface area (Å²) in [7, 11) is -2.49. The second-order valence-electron chi connectivity index (χ2n) is 4.80. The lowest BCUT2D eigenvalue weighted by molar-refractivity contribution is -0.141. The topological polar surface area (TPSA) is 144 Å². The van der Waals surface area contributed by atoms with E-state index in [1.165, 1.54) is 0 Å². The van der Waals surface area contributed by atoms with Gasteiger partial charge in [0.05, 0.1) is 11.3 Å². The second kappa shape index (κ2) is 10.7. The highest BCUT2D eigenvalue weighted by atomic mass is 32.1. The molecule has 4 N–H and O–H groups in total. The quantitative estimate of drug-likeness (QED) is 0.153. The molecule has 140 valence electrons. The molecule has 0 aliphatic rings. The van der Waals surface area contributed by atoms with Crippen LogP contribution in [-0.4, -0.2) is 50.8 Å². The lowest BCUT2D eigenvalue weighted by Gasteiger charge is -2.12. The zero-order chi connectivity index (χ0) is 18.8. The van der Waals surface area contributed by atoms with E-state index in [-0.39, 0.29) is 11.8 Å². The fourth-order valence-electron chi connectivity index (χ4n) is 1.97. The number of benzene rings is 1. The molecule has 0 spiro atoms. The highest BCUT2D eigenvalue weighted by Gasteiger charge is 2.18. The Labute approximate surface area is 155 Å². The van der Waals surface area contributed by atoms with Crippen LogP contribution in [0.5, 0.6) is 0 Å². The number of rotatable bonds is 10. The molecule has 1 aromatic carbocycles. The number of tetrazole rings is 1. The number of aromatic amines is 1. The monoisotopic (exact) mass is 401 g/mol.